The lowest BCUT2D eigenvalue weighted by Crippen LogP contribution is -2.49. The number of rotatable bonds is 5. The summed E-state index contributed by atoms with van der Waals surface area (Å²) in [5, 5.41) is 3.13. The Balaban J connectivity index is 2.52. The van der Waals surface area contributed by atoms with Gasteiger partial charge in [0.1, 0.15) is 6.10 Å². The van der Waals surface area contributed by atoms with Crippen molar-refractivity contribution in [1.29, 1.82) is 0 Å². The molecule has 0 aromatic rings. The molecule has 0 radical (unpaired) electrons. The van der Waals surface area contributed by atoms with Crippen molar-refractivity contribution in [3.63, 3.8) is 0 Å². The minimum absolute atomic E-state index is 0.00185. The van der Waals surface area contributed by atoms with Crippen LogP contribution < -0.4 is 5.32 Å². The molecule has 84 valence electrons. The average molecular weight is 210 g/mol. The maximum Gasteiger partial charge on any atom is 0.253 e. The van der Waals surface area contributed by atoms with Gasteiger partial charge in [0, 0.05) is 26.2 Å². The summed E-state index contributed by atoms with van der Waals surface area (Å²) in [5.74, 6) is 0.00185. The molecule has 1 amide bonds. The molecule has 1 saturated heterocycles. The molecule has 0 aromatic heterocycles. The smallest absolute Gasteiger partial charge is 0.253 e. The second-order valence-electron chi connectivity index (χ2n) is 3.38. The summed E-state index contributed by atoms with van der Waals surface area (Å²) in [6, 6.07) is 0. The molecule has 4 nitrogen and oxygen atoms in total. The zero-order valence-electron chi connectivity index (χ0n) is 8.95. The third-order valence-electron chi connectivity index (χ3n) is 2.21. The van der Waals surface area contributed by atoms with Gasteiger partial charge >= 0.3 is 0 Å². The van der Waals surface area contributed by atoms with E-state index in [1.54, 1.807) is 17.1 Å². The average Bonchev–Trinajstić information content (AvgIpc) is 2.29. The van der Waals surface area contributed by atoms with Gasteiger partial charge in [-0.2, -0.15) is 0 Å². The fraction of sp³-hybridized carbons (Fsp3) is 0.545. The first kappa shape index (κ1) is 11.9. The Bertz CT molecular complexity index is 225. The van der Waals surface area contributed by atoms with E-state index in [0.29, 0.717) is 26.2 Å². The summed E-state index contributed by atoms with van der Waals surface area (Å²) >= 11 is 0. The minimum Gasteiger partial charge on any atom is -0.366 e. The topological polar surface area (TPSA) is 41.6 Å². The number of morpholine rings is 1. The molecular formula is C11H18N2O2. The Labute approximate surface area is 90.6 Å². The van der Waals surface area contributed by atoms with Gasteiger partial charge in [0.15, 0.2) is 0 Å². The zero-order chi connectivity index (χ0) is 11.1. The van der Waals surface area contributed by atoms with E-state index >= 15 is 0 Å². The molecule has 1 N–H and O–H groups in total. The van der Waals surface area contributed by atoms with Gasteiger partial charge in [-0.15, -0.1) is 13.2 Å². The molecule has 0 unspecified atom stereocenters. The third kappa shape index (κ3) is 3.49. The van der Waals surface area contributed by atoms with Gasteiger partial charge in [0.25, 0.3) is 5.91 Å². The fourth-order valence-corrected chi connectivity index (χ4v) is 1.49. The van der Waals surface area contributed by atoms with Crippen LogP contribution in [0.3, 0.4) is 0 Å². The number of ether oxygens (including phenoxy) is 1. The van der Waals surface area contributed by atoms with Gasteiger partial charge in [-0.3, -0.25) is 4.79 Å². The molecule has 0 spiro atoms. The monoisotopic (exact) mass is 210 g/mol. The number of hydrogen-bond acceptors (Lipinski definition) is 3. The number of hydrogen-bond donors (Lipinski definition) is 1. The van der Waals surface area contributed by atoms with Crippen molar-refractivity contribution in [2.24, 2.45) is 0 Å². The van der Waals surface area contributed by atoms with Crippen LogP contribution in [0.4, 0.5) is 0 Å². The summed E-state index contributed by atoms with van der Waals surface area (Å²) in [7, 11) is 0. The Hall–Kier alpha value is -1.13. The first-order valence-corrected chi connectivity index (χ1v) is 5.12. The van der Waals surface area contributed by atoms with Crippen molar-refractivity contribution >= 4 is 5.91 Å². The van der Waals surface area contributed by atoms with E-state index in [2.05, 4.69) is 18.5 Å². The highest BCUT2D eigenvalue weighted by molar-refractivity contribution is 5.81. The zero-order valence-corrected chi connectivity index (χ0v) is 8.95. The van der Waals surface area contributed by atoms with E-state index in [-0.39, 0.29) is 12.0 Å². The number of carbonyl (C=O) groups excluding carboxylic acids is 1. The van der Waals surface area contributed by atoms with Crippen LogP contribution in [0.5, 0.6) is 0 Å². The molecule has 1 rings (SSSR count). The second kappa shape index (κ2) is 6.37. The summed E-state index contributed by atoms with van der Waals surface area (Å²) in [4.78, 5) is 13.6. The quantitative estimate of drug-likeness (QED) is 0.658. The van der Waals surface area contributed by atoms with E-state index in [1.807, 2.05) is 0 Å². The maximum absolute atomic E-state index is 11.9. The highest BCUT2D eigenvalue weighted by atomic mass is 16.5. The van der Waals surface area contributed by atoms with Gasteiger partial charge in [0.05, 0.1) is 6.61 Å². The van der Waals surface area contributed by atoms with Crippen molar-refractivity contribution in [3.05, 3.63) is 25.3 Å². The lowest BCUT2D eigenvalue weighted by atomic mass is 10.2. The van der Waals surface area contributed by atoms with Crippen LogP contribution in [-0.2, 0) is 9.53 Å². The second-order valence-corrected chi connectivity index (χ2v) is 3.38. The Morgan fingerprint density at radius 2 is 2.13 bits per heavy atom. The van der Waals surface area contributed by atoms with Crippen molar-refractivity contribution in [3.8, 4) is 0 Å². The Kier molecular flexibility index (Phi) is 5.07. The van der Waals surface area contributed by atoms with Gasteiger partial charge < -0.3 is 15.0 Å². The molecule has 0 aliphatic carbocycles. The molecule has 1 aliphatic heterocycles. The number of nitrogens with one attached hydrogen (secondary N) is 1. The summed E-state index contributed by atoms with van der Waals surface area (Å²) in [5.41, 5.74) is 0. The standard InChI is InChI=1S/C11H18N2O2/c1-3-6-13(7-4-2)11(14)10-9-12-5-8-15-10/h3-4,10,12H,1-2,5-9H2/t10-/m1/s1. The number of carbonyl (C=O) groups is 1. The molecule has 1 fully saturated rings. The van der Waals surface area contributed by atoms with Crippen molar-refractivity contribution in [1.82, 2.24) is 10.2 Å². The van der Waals surface area contributed by atoms with Gasteiger partial charge in [-0.1, -0.05) is 12.2 Å². The molecule has 4 heteroatoms. The number of amides is 1. The van der Waals surface area contributed by atoms with E-state index < -0.39 is 0 Å². The molecule has 0 saturated carbocycles. The largest absolute Gasteiger partial charge is 0.366 e. The normalized spacial score (nSPS) is 20.7. The van der Waals surface area contributed by atoms with Crippen LogP contribution in [0.1, 0.15) is 0 Å². The van der Waals surface area contributed by atoms with Crippen LogP contribution in [0, 0.1) is 0 Å². The molecule has 1 heterocycles. The summed E-state index contributed by atoms with van der Waals surface area (Å²) in [6.07, 6.45) is 3.05. The highest BCUT2D eigenvalue weighted by Gasteiger charge is 2.25. The van der Waals surface area contributed by atoms with Crippen LogP contribution in [0.2, 0.25) is 0 Å². The summed E-state index contributed by atoms with van der Waals surface area (Å²) < 4.78 is 5.39. The first-order valence-electron chi connectivity index (χ1n) is 5.12. The van der Waals surface area contributed by atoms with Crippen LogP contribution in [0.15, 0.2) is 25.3 Å². The third-order valence-corrected chi connectivity index (χ3v) is 2.21. The van der Waals surface area contributed by atoms with Crippen LogP contribution >= 0.6 is 0 Å². The van der Waals surface area contributed by atoms with Crippen LogP contribution in [0.25, 0.3) is 0 Å². The van der Waals surface area contributed by atoms with Crippen molar-refractivity contribution in [2.45, 2.75) is 6.10 Å². The maximum atomic E-state index is 11.9. The van der Waals surface area contributed by atoms with Crippen molar-refractivity contribution < 1.29 is 9.53 Å². The minimum atomic E-state index is -0.362. The lowest BCUT2D eigenvalue weighted by molar-refractivity contribution is -0.144. The van der Waals surface area contributed by atoms with E-state index in [1.165, 1.54) is 0 Å². The highest BCUT2D eigenvalue weighted by Crippen LogP contribution is 2.02. The van der Waals surface area contributed by atoms with Gasteiger partial charge in [-0.05, 0) is 0 Å². The number of nitrogens with zero attached hydrogens (tertiary/aromatic N) is 1. The Morgan fingerprint density at radius 3 is 2.60 bits per heavy atom. The predicted molar refractivity (Wildman–Crippen MR) is 59.6 cm³/mol. The molecule has 1 aliphatic rings. The van der Waals surface area contributed by atoms with E-state index in [4.69, 9.17) is 4.74 Å². The Morgan fingerprint density at radius 1 is 1.47 bits per heavy atom. The molecular weight excluding hydrogens is 192 g/mol. The molecule has 15 heavy (non-hydrogen) atoms. The van der Waals surface area contributed by atoms with Crippen LogP contribution in [-0.4, -0.2) is 49.7 Å². The SMILES string of the molecule is C=CCN(CC=C)C(=O)[C@H]1CNCCO1. The van der Waals surface area contributed by atoms with E-state index in [0.717, 1.165) is 6.54 Å². The van der Waals surface area contributed by atoms with Crippen molar-refractivity contribution in [2.75, 3.05) is 32.8 Å². The first-order chi connectivity index (χ1) is 7.29. The van der Waals surface area contributed by atoms with Gasteiger partial charge in [0.2, 0.25) is 0 Å². The van der Waals surface area contributed by atoms with Gasteiger partial charge in [-0.25, -0.2) is 0 Å². The molecule has 0 bridgehead atoms. The van der Waals surface area contributed by atoms with E-state index in [9.17, 15) is 4.79 Å². The fourth-order valence-electron chi connectivity index (χ4n) is 1.49. The lowest BCUT2D eigenvalue weighted by Gasteiger charge is -2.28. The molecule has 0 aromatic carbocycles. The predicted octanol–water partition coefficient (Wildman–Crippen LogP) is 0.175. The summed E-state index contributed by atoms with van der Waals surface area (Å²) in [6.45, 7) is 10.3. The molecule has 1 atom stereocenters.